The fourth-order valence-electron chi connectivity index (χ4n) is 0.928. The van der Waals surface area contributed by atoms with Crippen molar-refractivity contribution in [1.29, 1.82) is 0 Å². The van der Waals surface area contributed by atoms with Gasteiger partial charge in [0.1, 0.15) is 0 Å². The Morgan fingerprint density at radius 2 is 2.33 bits per heavy atom. The summed E-state index contributed by atoms with van der Waals surface area (Å²) in [6.45, 7) is 4.22. The van der Waals surface area contributed by atoms with Crippen LogP contribution in [0.4, 0.5) is 0 Å². The van der Waals surface area contributed by atoms with Gasteiger partial charge in [0, 0.05) is 0 Å². The molecule has 0 fully saturated rings. The predicted octanol–water partition coefficient (Wildman–Crippen LogP) is 2.29. The molecule has 0 N–H and O–H groups in total. The molecule has 0 saturated heterocycles. The van der Waals surface area contributed by atoms with Crippen LogP contribution in [-0.2, 0) is 4.74 Å². The molecular formula is C8H13O. The van der Waals surface area contributed by atoms with Crippen molar-refractivity contribution in [3.05, 3.63) is 18.3 Å². The third kappa shape index (κ3) is 1.83. The van der Waals surface area contributed by atoms with E-state index in [1.165, 1.54) is 6.42 Å². The smallest absolute Gasteiger partial charge is 0.0704 e. The second kappa shape index (κ2) is 2.53. The quantitative estimate of drug-likeness (QED) is 0.526. The summed E-state index contributed by atoms with van der Waals surface area (Å²) in [6, 6.07) is 0. The molecule has 1 aliphatic rings. The van der Waals surface area contributed by atoms with Crippen LogP contribution < -0.4 is 0 Å². The minimum absolute atomic E-state index is 0.303. The molecule has 0 heterocycles. The maximum absolute atomic E-state index is 4.87. The van der Waals surface area contributed by atoms with E-state index in [-0.39, 0.29) is 0 Å². The number of hydrogen-bond acceptors (Lipinski definition) is 1. The molecule has 0 amide bonds. The van der Waals surface area contributed by atoms with Crippen molar-refractivity contribution in [2.24, 2.45) is 0 Å². The van der Waals surface area contributed by atoms with Crippen molar-refractivity contribution < 1.29 is 4.74 Å². The summed E-state index contributed by atoms with van der Waals surface area (Å²) >= 11 is 0. The molecule has 1 unspecified atom stereocenters. The summed E-state index contributed by atoms with van der Waals surface area (Å²) in [7, 11) is 3.37. The summed E-state index contributed by atoms with van der Waals surface area (Å²) in [5.41, 5.74) is 3.10. The molecule has 1 rings (SSSR count). The lowest BCUT2D eigenvalue weighted by molar-refractivity contribution is 0.156. The van der Waals surface area contributed by atoms with Crippen LogP contribution in [0.2, 0.25) is 0 Å². The van der Waals surface area contributed by atoms with Crippen LogP contribution in [0.1, 0.15) is 26.7 Å². The Morgan fingerprint density at radius 3 is 2.67 bits per heavy atom. The van der Waals surface area contributed by atoms with E-state index in [1.54, 1.807) is 11.1 Å². The summed E-state index contributed by atoms with van der Waals surface area (Å²) < 4.78 is 4.87. The van der Waals surface area contributed by atoms with Gasteiger partial charge in [-0.05, 0) is 26.7 Å². The van der Waals surface area contributed by atoms with Gasteiger partial charge < -0.3 is 4.74 Å². The third-order valence-electron chi connectivity index (χ3n) is 1.78. The highest BCUT2D eigenvalue weighted by atomic mass is 16.5. The summed E-state index contributed by atoms with van der Waals surface area (Å²) in [4.78, 5) is 0. The van der Waals surface area contributed by atoms with Crippen LogP contribution in [0.15, 0.2) is 11.1 Å². The van der Waals surface area contributed by atoms with Crippen LogP contribution >= 0.6 is 0 Å². The SMILES string of the molecule is [CH2]OC(C)CC1=C(C)C1. The summed E-state index contributed by atoms with van der Waals surface area (Å²) in [6.07, 6.45) is 2.61. The van der Waals surface area contributed by atoms with E-state index in [0.717, 1.165) is 6.42 Å². The van der Waals surface area contributed by atoms with Crippen LogP contribution in [0.3, 0.4) is 0 Å². The first-order valence-electron chi connectivity index (χ1n) is 3.32. The highest BCUT2D eigenvalue weighted by Gasteiger charge is 2.17. The zero-order chi connectivity index (χ0) is 6.85. The second-order valence-corrected chi connectivity index (χ2v) is 2.74. The maximum atomic E-state index is 4.87. The average molecular weight is 125 g/mol. The van der Waals surface area contributed by atoms with E-state index in [4.69, 9.17) is 4.74 Å². The maximum Gasteiger partial charge on any atom is 0.0704 e. The molecule has 0 spiro atoms. The monoisotopic (exact) mass is 125 g/mol. The van der Waals surface area contributed by atoms with Gasteiger partial charge in [0.15, 0.2) is 0 Å². The third-order valence-corrected chi connectivity index (χ3v) is 1.78. The van der Waals surface area contributed by atoms with Gasteiger partial charge in [-0.25, -0.2) is 0 Å². The lowest BCUT2D eigenvalue weighted by Gasteiger charge is -2.04. The average Bonchev–Trinajstić information content (AvgIpc) is 2.47. The number of allylic oxidation sites excluding steroid dienone is 1. The molecule has 0 aromatic heterocycles. The normalized spacial score (nSPS) is 20.3. The second-order valence-electron chi connectivity index (χ2n) is 2.74. The molecule has 0 bridgehead atoms. The first-order valence-corrected chi connectivity index (χ1v) is 3.32. The summed E-state index contributed by atoms with van der Waals surface area (Å²) in [5, 5.41) is 0. The summed E-state index contributed by atoms with van der Waals surface area (Å²) in [5.74, 6) is 0. The molecule has 0 aromatic carbocycles. The Bertz CT molecular complexity index is 136. The minimum Gasteiger partial charge on any atom is -0.376 e. The van der Waals surface area contributed by atoms with Crippen LogP contribution in [0.25, 0.3) is 0 Å². The minimum atomic E-state index is 0.303. The fraction of sp³-hybridized carbons (Fsp3) is 0.625. The number of rotatable bonds is 3. The Balaban J connectivity index is 2.19. The molecular weight excluding hydrogens is 112 g/mol. The zero-order valence-electron chi connectivity index (χ0n) is 6.11. The standard InChI is InChI=1S/C8H13O/c1-6-4-8(6)5-7(2)9-3/h7H,3-5H2,1-2H3. The lowest BCUT2D eigenvalue weighted by Crippen LogP contribution is -2.00. The largest absolute Gasteiger partial charge is 0.376 e. The molecule has 1 heteroatoms. The van der Waals surface area contributed by atoms with Crippen LogP contribution in [-0.4, -0.2) is 6.10 Å². The van der Waals surface area contributed by atoms with E-state index < -0.39 is 0 Å². The van der Waals surface area contributed by atoms with Gasteiger partial charge in [0.25, 0.3) is 0 Å². The van der Waals surface area contributed by atoms with Crippen molar-refractivity contribution in [1.82, 2.24) is 0 Å². The number of hydrogen-bond donors (Lipinski definition) is 0. The predicted molar refractivity (Wildman–Crippen MR) is 37.8 cm³/mol. The zero-order valence-corrected chi connectivity index (χ0v) is 6.11. The van der Waals surface area contributed by atoms with Gasteiger partial charge in [-0.2, -0.15) is 0 Å². The van der Waals surface area contributed by atoms with Gasteiger partial charge in [-0.1, -0.05) is 11.1 Å². The first kappa shape index (κ1) is 6.81. The van der Waals surface area contributed by atoms with Gasteiger partial charge in [-0.3, -0.25) is 0 Å². The van der Waals surface area contributed by atoms with Crippen molar-refractivity contribution in [3.8, 4) is 0 Å². The van der Waals surface area contributed by atoms with Crippen molar-refractivity contribution in [3.63, 3.8) is 0 Å². The van der Waals surface area contributed by atoms with Crippen molar-refractivity contribution in [2.45, 2.75) is 32.8 Å². The number of ether oxygens (including phenoxy) is 1. The topological polar surface area (TPSA) is 9.23 Å². The molecule has 9 heavy (non-hydrogen) atoms. The molecule has 1 radical (unpaired) electrons. The van der Waals surface area contributed by atoms with E-state index in [1.807, 2.05) is 6.92 Å². The van der Waals surface area contributed by atoms with Gasteiger partial charge >= 0.3 is 0 Å². The highest BCUT2D eigenvalue weighted by Crippen LogP contribution is 2.33. The molecule has 1 atom stereocenters. The van der Waals surface area contributed by atoms with Crippen molar-refractivity contribution >= 4 is 0 Å². The Hall–Kier alpha value is -0.300. The Kier molecular flexibility index (Phi) is 1.91. The molecule has 1 nitrogen and oxygen atoms in total. The van der Waals surface area contributed by atoms with Crippen LogP contribution in [0.5, 0.6) is 0 Å². The van der Waals surface area contributed by atoms with Crippen LogP contribution in [0, 0.1) is 7.11 Å². The molecule has 1 aliphatic carbocycles. The molecule has 0 aromatic rings. The van der Waals surface area contributed by atoms with E-state index in [9.17, 15) is 0 Å². The first-order chi connectivity index (χ1) is 4.24. The van der Waals surface area contributed by atoms with E-state index in [0.29, 0.717) is 6.10 Å². The Labute approximate surface area is 56.7 Å². The van der Waals surface area contributed by atoms with E-state index in [2.05, 4.69) is 14.0 Å². The van der Waals surface area contributed by atoms with E-state index >= 15 is 0 Å². The fourth-order valence-corrected chi connectivity index (χ4v) is 0.928. The Morgan fingerprint density at radius 1 is 1.78 bits per heavy atom. The highest BCUT2D eigenvalue weighted by molar-refractivity contribution is 5.33. The molecule has 51 valence electrons. The van der Waals surface area contributed by atoms with Gasteiger partial charge in [0.05, 0.1) is 13.2 Å². The van der Waals surface area contributed by atoms with Crippen molar-refractivity contribution in [2.75, 3.05) is 0 Å². The van der Waals surface area contributed by atoms with Gasteiger partial charge in [0.2, 0.25) is 0 Å². The molecule has 0 aliphatic heterocycles. The van der Waals surface area contributed by atoms with Gasteiger partial charge in [-0.15, -0.1) is 0 Å². The lowest BCUT2D eigenvalue weighted by atomic mass is 10.2. The molecule has 0 saturated carbocycles.